The zero-order valence-electron chi connectivity index (χ0n) is 14.2. The summed E-state index contributed by atoms with van der Waals surface area (Å²) in [7, 11) is 1.99. The molecule has 2 aliphatic rings. The van der Waals surface area contributed by atoms with Gasteiger partial charge in [0.15, 0.2) is 0 Å². The number of likely N-dealkylation sites (tertiary alicyclic amines) is 1. The highest BCUT2D eigenvalue weighted by Crippen LogP contribution is 2.37. The van der Waals surface area contributed by atoms with Crippen LogP contribution in [0.5, 0.6) is 0 Å². The highest BCUT2D eigenvalue weighted by atomic mass is 16.2. The number of hydrogen-bond acceptors (Lipinski definition) is 3. The molecule has 1 aromatic heterocycles. The number of aromatic nitrogens is 2. The van der Waals surface area contributed by atoms with Crippen LogP contribution >= 0.6 is 0 Å². The van der Waals surface area contributed by atoms with Crippen LogP contribution < -0.4 is 5.32 Å². The van der Waals surface area contributed by atoms with Crippen molar-refractivity contribution in [2.75, 3.05) is 13.1 Å². The summed E-state index contributed by atoms with van der Waals surface area (Å²) >= 11 is 0. The Labute approximate surface area is 133 Å². The van der Waals surface area contributed by atoms with Crippen molar-refractivity contribution in [3.8, 4) is 0 Å². The Balaban J connectivity index is 1.82. The predicted octanol–water partition coefficient (Wildman–Crippen LogP) is 2.09. The van der Waals surface area contributed by atoms with Crippen molar-refractivity contribution in [2.24, 2.45) is 13.0 Å². The molecule has 5 nitrogen and oxygen atoms in total. The minimum Gasteiger partial charge on any atom is -0.335 e. The van der Waals surface area contributed by atoms with Gasteiger partial charge in [-0.1, -0.05) is 0 Å². The van der Waals surface area contributed by atoms with Crippen molar-refractivity contribution >= 4 is 5.91 Å². The lowest BCUT2D eigenvalue weighted by molar-refractivity contribution is -0.137. The van der Waals surface area contributed by atoms with Gasteiger partial charge in [0.05, 0.1) is 11.7 Å². The first-order valence-electron chi connectivity index (χ1n) is 8.53. The van der Waals surface area contributed by atoms with Gasteiger partial charge in [-0.3, -0.25) is 9.48 Å². The fourth-order valence-corrected chi connectivity index (χ4v) is 4.19. The summed E-state index contributed by atoms with van der Waals surface area (Å²) < 4.78 is 1.94. The number of aryl methyl sites for hydroxylation is 2. The van der Waals surface area contributed by atoms with E-state index in [9.17, 15) is 4.79 Å². The van der Waals surface area contributed by atoms with Crippen molar-refractivity contribution in [1.29, 1.82) is 0 Å². The van der Waals surface area contributed by atoms with Crippen molar-refractivity contribution in [2.45, 2.75) is 58.5 Å². The topological polar surface area (TPSA) is 50.2 Å². The average molecular weight is 304 g/mol. The van der Waals surface area contributed by atoms with Gasteiger partial charge in [0, 0.05) is 36.8 Å². The van der Waals surface area contributed by atoms with Gasteiger partial charge in [0.2, 0.25) is 5.91 Å². The van der Waals surface area contributed by atoms with E-state index in [1.807, 2.05) is 11.7 Å². The van der Waals surface area contributed by atoms with Crippen LogP contribution in [0.3, 0.4) is 0 Å². The molecule has 0 bridgehead atoms. The molecule has 1 amide bonds. The molecule has 3 rings (SSSR count). The van der Waals surface area contributed by atoms with E-state index in [1.54, 1.807) is 0 Å². The third-order valence-corrected chi connectivity index (χ3v) is 5.41. The standard InChI is InChI=1S/C17H28N4O/c1-11-10-14(7-8-18-11)17(22)21-9-5-6-15(21)16-12(2)19-20(4)13(16)3/h11,14-15,18H,5-10H2,1-4H3/t11-,14-,15?/m0/s1. The molecular weight excluding hydrogens is 276 g/mol. The van der Waals surface area contributed by atoms with Crippen molar-refractivity contribution in [3.05, 3.63) is 17.0 Å². The number of carbonyl (C=O) groups excluding carboxylic acids is 1. The maximum absolute atomic E-state index is 13.0. The maximum atomic E-state index is 13.0. The van der Waals surface area contributed by atoms with Crippen LogP contribution in [-0.4, -0.2) is 39.7 Å². The summed E-state index contributed by atoms with van der Waals surface area (Å²) in [6.07, 6.45) is 4.11. The number of nitrogens with one attached hydrogen (secondary N) is 1. The van der Waals surface area contributed by atoms with E-state index in [1.165, 1.54) is 11.3 Å². The van der Waals surface area contributed by atoms with Crippen LogP contribution in [0.25, 0.3) is 0 Å². The Bertz CT molecular complexity index is 565. The highest BCUT2D eigenvalue weighted by Gasteiger charge is 2.37. The summed E-state index contributed by atoms with van der Waals surface area (Å²) in [6, 6.07) is 0.678. The van der Waals surface area contributed by atoms with E-state index in [0.29, 0.717) is 11.9 Å². The van der Waals surface area contributed by atoms with Gasteiger partial charge in [-0.2, -0.15) is 5.10 Å². The van der Waals surface area contributed by atoms with E-state index in [0.717, 1.165) is 44.5 Å². The zero-order valence-corrected chi connectivity index (χ0v) is 14.2. The molecule has 5 heteroatoms. The van der Waals surface area contributed by atoms with Gasteiger partial charge in [-0.05, 0) is 53.0 Å². The van der Waals surface area contributed by atoms with Gasteiger partial charge in [-0.25, -0.2) is 0 Å². The van der Waals surface area contributed by atoms with E-state index in [2.05, 4.69) is 36.1 Å². The number of nitrogens with zero attached hydrogens (tertiary/aromatic N) is 3. The average Bonchev–Trinajstić information content (AvgIpc) is 3.04. The molecule has 0 aliphatic carbocycles. The van der Waals surface area contributed by atoms with E-state index in [4.69, 9.17) is 0 Å². The van der Waals surface area contributed by atoms with Gasteiger partial charge >= 0.3 is 0 Å². The Kier molecular flexibility index (Phi) is 4.26. The molecule has 122 valence electrons. The summed E-state index contributed by atoms with van der Waals surface area (Å²) in [6.45, 7) is 8.21. The van der Waals surface area contributed by atoms with Gasteiger partial charge in [0.25, 0.3) is 0 Å². The second kappa shape index (κ2) is 6.03. The van der Waals surface area contributed by atoms with Crippen LogP contribution in [0.4, 0.5) is 0 Å². The second-order valence-corrected chi connectivity index (χ2v) is 6.97. The Morgan fingerprint density at radius 3 is 2.73 bits per heavy atom. The second-order valence-electron chi connectivity index (χ2n) is 6.97. The van der Waals surface area contributed by atoms with Crippen molar-refractivity contribution in [3.63, 3.8) is 0 Å². The fraction of sp³-hybridized carbons (Fsp3) is 0.765. The van der Waals surface area contributed by atoms with Crippen molar-refractivity contribution < 1.29 is 4.79 Å². The highest BCUT2D eigenvalue weighted by molar-refractivity contribution is 5.80. The van der Waals surface area contributed by atoms with Gasteiger partial charge in [-0.15, -0.1) is 0 Å². The molecule has 1 N–H and O–H groups in total. The molecule has 3 atom stereocenters. The number of amides is 1. The third-order valence-electron chi connectivity index (χ3n) is 5.41. The molecule has 0 aromatic carbocycles. The summed E-state index contributed by atoms with van der Waals surface area (Å²) in [4.78, 5) is 15.2. The summed E-state index contributed by atoms with van der Waals surface area (Å²) in [5.74, 6) is 0.549. The normalized spacial score (nSPS) is 29.1. The Morgan fingerprint density at radius 2 is 2.09 bits per heavy atom. The molecule has 0 saturated carbocycles. The van der Waals surface area contributed by atoms with Crippen LogP contribution in [0.1, 0.15) is 55.6 Å². The van der Waals surface area contributed by atoms with E-state index >= 15 is 0 Å². The predicted molar refractivity (Wildman–Crippen MR) is 86.6 cm³/mol. The molecule has 2 saturated heterocycles. The lowest BCUT2D eigenvalue weighted by Crippen LogP contribution is -2.44. The SMILES string of the molecule is Cc1nn(C)c(C)c1C1CCCN1C(=O)[C@H]1CCN[C@@H](C)C1. The number of rotatable bonds is 2. The van der Waals surface area contributed by atoms with Crippen LogP contribution in [-0.2, 0) is 11.8 Å². The zero-order chi connectivity index (χ0) is 15.9. The van der Waals surface area contributed by atoms with Gasteiger partial charge in [0.1, 0.15) is 0 Å². The van der Waals surface area contributed by atoms with E-state index in [-0.39, 0.29) is 12.0 Å². The molecule has 0 radical (unpaired) electrons. The quantitative estimate of drug-likeness (QED) is 0.910. The third kappa shape index (κ3) is 2.67. The Hall–Kier alpha value is -1.36. The molecule has 1 unspecified atom stereocenters. The largest absolute Gasteiger partial charge is 0.335 e. The molecule has 2 fully saturated rings. The molecule has 3 heterocycles. The molecule has 0 spiro atoms. The first-order valence-corrected chi connectivity index (χ1v) is 8.53. The van der Waals surface area contributed by atoms with Crippen molar-refractivity contribution in [1.82, 2.24) is 20.0 Å². The van der Waals surface area contributed by atoms with Crippen LogP contribution in [0.15, 0.2) is 0 Å². The first-order chi connectivity index (χ1) is 10.5. The first kappa shape index (κ1) is 15.5. The molecule has 22 heavy (non-hydrogen) atoms. The lowest BCUT2D eigenvalue weighted by Gasteiger charge is -2.33. The minimum absolute atomic E-state index is 0.189. The summed E-state index contributed by atoms with van der Waals surface area (Å²) in [5, 5.41) is 7.98. The maximum Gasteiger partial charge on any atom is 0.226 e. The fourth-order valence-electron chi connectivity index (χ4n) is 4.19. The molecular formula is C17H28N4O. The van der Waals surface area contributed by atoms with Gasteiger partial charge < -0.3 is 10.2 Å². The monoisotopic (exact) mass is 304 g/mol. The number of carbonyl (C=O) groups is 1. The van der Waals surface area contributed by atoms with Crippen LogP contribution in [0, 0.1) is 19.8 Å². The summed E-state index contributed by atoms with van der Waals surface area (Å²) in [5.41, 5.74) is 3.54. The van der Waals surface area contributed by atoms with Crippen LogP contribution in [0.2, 0.25) is 0 Å². The minimum atomic E-state index is 0.189. The lowest BCUT2D eigenvalue weighted by atomic mass is 9.91. The Morgan fingerprint density at radius 1 is 1.32 bits per heavy atom. The molecule has 2 aliphatic heterocycles. The number of piperidine rings is 1. The number of hydrogen-bond donors (Lipinski definition) is 1. The van der Waals surface area contributed by atoms with E-state index < -0.39 is 0 Å². The molecule has 1 aromatic rings. The smallest absolute Gasteiger partial charge is 0.226 e.